The van der Waals surface area contributed by atoms with E-state index in [1.165, 1.54) is 42.7 Å². The minimum Gasteiger partial charge on any atom is -0.370 e. The second kappa shape index (κ2) is 8.02. The maximum Gasteiger partial charge on any atom is 0.134 e. The molecule has 1 heterocycles. The van der Waals surface area contributed by atoms with E-state index >= 15 is 0 Å². The van der Waals surface area contributed by atoms with Crippen LogP contribution in [-0.4, -0.2) is 21.8 Å². The maximum atomic E-state index is 4.85. The summed E-state index contributed by atoms with van der Waals surface area (Å²) in [4.78, 5) is 9.57. The van der Waals surface area contributed by atoms with Crippen molar-refractivity contribution in [2.24, 2.45) is 0 Å². The van der Waals surface area contributed by atoms with E-state index in [9.17, 15) is 0 Å². The van der Waals surface area contributed by atoms with Gasteiger partial charge in [-0.3, -0.25) is 0 Å². The molecule has 2 rings (SSSR count). The van der Waals surface area contributed by atoms with Gasteiger partial charge in [0, 0.05) is 23.3 Å². The van der Waals surface area contributed by atoms with Crippen molar-refractivity contribution in [2.75, 3.05) is 11.9 Å². The Kier molecular flexibility index (Phi) is 6.34. The van der Waals surface area contributed by atoms with Gasteiger partial charge in [-0.15, -0.1) is 11.8 Å². The molecule has 0 atom stereocenters. The summed E-state index contributed by atoms with van der Waals surface area (Å²) in [6, 6.07) is 0. The SMILES string of the molecule is CCCNc1nc(C(C)C)nc(SC2CCCCC2)c1C. The van der Waals surface area contributed by atoms with Crippen molar-refractivity contribution in [2.45, 2.75) is 82.4 Å². The first kappa shape index (κ1) is 16.6. The standard InChI is InChI=1S/C17H29N3S/c1-5-11-18-16-13(4)17(20-15(19-16)12(2)3)21-14-9-7-6-8-10-14/h12,14H,5-11H2,1-4H3,(H,18,19,20). The van der Waals surface area contributed by atoms with Crippen LogP contribution in [0.3, 0.4) is 0 Å². The summed E-state index contributed by atoms with van der Waals surface area (Å²) in [5.41, 5.74) is 1.23. The van der Waals surface area contributed by atoms with Crippen molar-refractivity contribution in [3.63, 3.8) is 0 Å². The molecule has 0 spiro atoms. The van der Waals surface area contributed by atoms with Gasteiger partial charge in [0.1, 0.15) is 16.7 Å². The highest BCUT2D eigenvalue weighted by atomic mass is 32.2. The summed E-state index contributed by atoms with van der Waals surface area (Å²) < 4.78 is 0. The van der Waals surface area contributed by atoms with Crippen LogP contribution in [-0.2, 0) is 0 Å². The molecule has 1 aliphatic rings. The Balaban J connectivity index is 2.22. The average Bonchev–Trinajstić information content (AvgIpc) is 2.49. The zero-order chi connectivity index (χ0) is 15.2. The van der Waals surface area contributed by atoms with E-state index in [0.29, 0.717) is 5.92 Å². The van der Waals surface area contributed by atoms with Crippen LogP contribution < -0.4 is 5.32 Å². The van der Waals surface area contributed by atoms with Crippen molar-refractivity contribution in [3.8, 4) is 0 Å². The zero-order valence-corrected chi connectivity index (χ0v) is 14.7. The Labute approximate surface area is 133 Å². The van der Waals surface area contributed by atoms with Crippen molar-refractivity contribution in [1.29, 1.82) is 0 Å². The van der Waals surface area contributed by atoms with Crippen LogP contribution >= 0.6 is 11.8 Å². The summed E-state index contributed by atoms with van der Waals surface area (Å²) in [6.07, 6.45) is 7.94. The van der Waals surface area contributed by atoms with E-state index in [1.54, 1.807) is 0 Å². The van der Waals surface area contributed by atoms with Crippen LogP contribution in [0.5, 0.6) is 0 Å². The largest absolute Gasteiger partial charge is 0.370 e. The highest BCUT2D eigenvalue weighted by molar-refractivity contribution is 7.99. The molecule has 1 N–H and O–H groups in total. The molecular weight excluding hydrogens is 278 g/mol. The molecule has 0 aromatic carbocycles. The number of hydrogen-bond acceptors (Lipinski definition) is 4. The van der Waals surface area contributed by atoms with Gasteiger partial charge in [0.15, 0.2) is 0 Å². The fourth-order valence-electron chi connectivity index (χ4n) is 2.64. The molecule has 1 aliphatic carbocycles. The predicted octanol–water partition coefficient (Wildman–Crippen LogP) is 5.16. The molecule has 1 aromatic heterocycles. The van der Waals surface area contributed by atoms with Gasteiger partial charge in [-0.25, -0.2) is 9.97 Å². The van der Waals surface area contributed by atoms with Gasteiger partial charge in [-0.1, -0.05) is 40.0 Å². The van der Waals surface area contributed by atoms with Gasteiger partial charge in [0.05, 0.1) is 0 Å². The number of rotatable bonds is 6. The molecule has 118 valence electrons. The second-order valence-electron chi connectivity index (χ2n) is 6.32. The molecule has 21 heavy (non-hydrogen) atoms. The Morgan fingerprint density at radius 1 is 1.19 bits per heavy atom. The number of aromatic nitrogens is 2. The van der Waals surface area contributed by atoms with Gasteiger partial charge >= 0.3 is 0 Å². The van der Waals surface area contributed by atoms with Crippen molar-refractivity contribution in [3.05, 3.63) is 11.4 Å². The summed E-state index contributed by atoms with van der Waals surface area (Å²) in [5, 5.41) is 5.41. The van der Waals surface area contributed by atoms with Crippen molar-refractivity contribution < 1.29 is 0 Å². The third-order valence-corrected chi connectivity index (χ3v) is 5.43. The molecule has 0 unspecified atom stereocenters. The number of nitrogens with zero attached hydrogens (tertiary/aromatic N) is 2. The lowest BCUT2D eigenvalue weighted by Gasteiger charge is -2.22. The summed E-state index contributed by atoms with van der Waals surface area (Å²) in [7, 11) is 0. The number of anilines is 1. The highest BCUT2D eigenvalue weighted by Gasteiger charge is 2.19. The lowest BCUT2D eigenvalue weighted by atomic mass is 10.0. The highest BCUT2D eigenvalue weighted by Crippen LogP contribution is 2.36. The van der Waals surface area contributed by atoms with Gasteiger partial charge in [-0.05, 0) is 26.2 Å². The van der Waals surface area contributed by atoms with Gasteiger partial charge in [0.2, 0.25) is 0 Å². The molecular formula is C17H29N3S. The third kappa shape index (κ3) is 4.60. The molecule has 0 aliphatic heterocycles. The fraction of sp³-hybridized carbons (Fsp3) is 0.765. The molecule has 0 radical (unpaired) electrons. The van der Waals surface area contributed by atoms with E-state index in [0.717, 1.165) is 29.9 Å². The van der Waals surface area contributed by atoms with E-state index in [-0.39, 0.29) is 0 Å². The van der Waals surface area contributed by atoms with Gasteiger partial charge in [-0.2, -0.15) is 0 Å². The van der Waals surface area contributed by atoms with Crippen LogP contribution in [0.1, 0.15) is 76.6 Å². The average molecular weight is 308 g/mol. The molecule has 1 fully saturated rings. The number of thioether (sulfide) groups is 1. The van der Waals surface area contributed by atoms with E-state index in [1.807, 2.05) is 11.8 Å². The second-order valence-corrected chi connectivity index (χ2v) is 7.61. The van der Waals surface area contributed by atoms with Gasteiger partial charge in [0.25, 0.3) is 0 Å². The first-order valence-corrected chi connectivity index (χ1v) is 9.28. The molecule has 1 saturated carbocycles. The summed E-state index contributed by atoms with van der Waals surface area (Å²) in [6.45, 7) is 9.66. The van der Waals surface area contributed by atoms with E-state index in [4.69, 9.17) is 9.97 Å². The minimum absolute atomic E-state index is 0.374. The smallest absolute Gasteiger partial charge is 0.134 e. The lowest BCUT2D eigenvalue weighted by Crippen LogP contribution is -2.12. The van der Waals surface area contributed by atoms with Crippen LogP contribution in [0.4, 0.5) is 5.82 Å². The summed E-state index contributed by atoms with van der Waals surface area (Å²) >= 11 is 1.98. The number of hydrogen-bond donors (Lipinski definition) is 1. The first-order valence-electron chi connectivity index (χ1n) is 8.40. The Morgan fingerprint density at radius 2 is 1.90 bits per heavy atom. The molecule has 4 heteroatoms. The molecule has 0 amide bonds. The topological polar surface area (TPSA) is 37.8 Å². The fourth-order valence-corrected chi connectivity index (χ4v) is 3.95. The van der Waals surface area contributed by atoms with Crippen LogP contribution in [0, 0.1) is 6.92 Å². The predicted molar refractivity (Wildman–Crippen MR) is 92.4 cm³/mol. The Morgan fingerprint density at radius 3 is 2.52 bits per heavy atom. The molecule has 0 bridgehead atoms. The van der Waals surface area contributed by atoms with Crippen molar-refractivity contribution in [1.82, 2.24) is 9.97 Å². The van der Waals surface area contributed by atoms with Crippen LogP contribution in [0.25, 0.3) is 0 Å². The monoisotopic (exact) mass is 307 g/mol. The number of nitrogens with one attached hydrogen (secondary N) is 1. The maximum absolute atomic E-state index is 4.85. The Bertz CT molecular complexity index is 454. The normalized spacial score (nSPS) is 16.4. The van der Waals surface area contributed by atoms with E-state index in [2.05, 4.69) is 33.0 Å². The van der Waals surface area contributed by atoms with Gasteiger partial charge < -0.3 is 5.32 Å². The summed E-state index contributed by atoms with van der Waals surface area (Å²) in [5.74, 6) is 2.38. The molecule has 3 nitrogen and oxygen atoms in total. The molecule has 1 aromatic rings. The van der Waals surface area contributed by atoms with Crippen molar-refractivity contribution >= 4 is 17.6 Å². The minimum atomic E-state index is 0.374. The zero-order valence-electron chi connectivity index (χ0n) is 13.9. The van der Waals surface area contributed by atoms with E-state index < -0.39 is 0 Å². The van der Waals surface area contributed by atoms with Crippen LogP contribution in [0.15, 0.2) is 5.03 Å². The molecule has 0 saturated heterocycles. The van der Waals surface area contributed by atoms with Crippen LogP contribution in [0.2, 0.25) is 0 Å². The Hall–Kier alpha value is -0.770. The third-order valence-electron chi connectivity index (χ3n) is 4.01. The quantitative estimate of drug-likeness (QED) is 0.737. The first-order chi connectivity index (χ1) is 10.1. The lowest BCUT2D eigenvalue weighted by molar-refractivity contribution is 0.515.